The number of hydrogen-bond acceptors (Lipinski definition) is 3. The molecule has 2 rings (SSSR count). The van der Waals surface area contributed by atoms with Crippen LogP contribution in [0.3, 0.4) is 0 Å². The molecule has 1 aromatic rings. The van der Waals surface area contributed by atoms with Crippen molar-refractivity contribution in [2.75, 3.05) is 4.90 Å². The van der Waals surface area contributed by atoms with Crippen LogP contribution in [0.15, 0.2) is 33.8 Å². The molecule has 19 heavy (non-hydrogen) atoms. The van der Waals surface area contributed by atoms with Crippen LogP contribution in [0.2, 0.25) is 0 Å². The first-order valence-electron chi connectivity index (χ1n) is 5.43. The standard InChI is InChI=1S/C13H10BrNO4/c1-6-7(2)12(17)15(11(6)16)8-3-4-9(13(18)19)10(14)5-8/h3-5H,1-2H3,(H,18,19). The van der Waals surface area contributed by atoms with Crippen LogP contribution in [0.1, 0.15) is 24.2 Å². The molecule has 0 saturated heterocycles. The van der Waals surface area contributed by atoms with Gasteiger partial charge in [0.05, 0.1) is 11.3 Å². The summed E-state index contributed by atoms with van der Waals surface area (Å²) in [4.78, 5) is 35.9. The van der Waals surface area contributed by atoms with E-state index in [1.54, 1.807) is 13.8 Å². The molecule has 0 aromatic heterocycles. The summed E-state index contributed by atoms with van der Waals surface area (Å²) in [6.07, 6.45) is 0. The monoisotopic (exact) mass is 323 g/mol. The second-order valence-corrected chi connectivity index (χ2v) is 5.02. The predicted molar refractivity (Wildman–Crippen MR) is 72.0 cm³/mol. The lowest BCUT2D eigenvalue weighted by molar-refractivity contribution is -0.120. The van der Waals surface area contributed by atoms with Gasteiger partial charge in [-0.05, 0) is 48.0 Å². The molecule has 98 valence electrons. The Morgan fingerprint density at radius 3 is 2.11 bits per heavy atom. The van der Waals surface area contributed by atoms with Crippen molar-refractivity contribution in [2.24, 2.45) is 0 Å². The number of carboxylic acids is 1. The van der Waals surface area contributed by atoms with Crippen molar-refractivity contribution in [3.05, 3.63) is 39.4 Å². The third-order valence-corrected chi connectivity index (χ3v) is 3.71. The van der Waals surface area contributed by atoms with Crippen molar-refractivity contribution in [1.29, 1.82) is 0 Å². The summed E-state index contributed by atoms with van der Waals surface area (Å²) in [5.74, 6) is -1.84. The number of nitrogens with zero attached hydrogens (tertiary/aromatic N) is 1. The van der Waals surface area contributed by atoms with Gasteiger partial charge in [0.15, 0.2) is 0 Å². The van der Waals surface area contributed by atoms with Crippen LogP contribution >= 0.6 is 15.9 Å². The summed E-state index contributed by atoms with van der Waals surface area (Å²) in [5.41, 5.74) is 1.24. The molecule has 0 spiro atoms. The molecular formula is C13H10BrNO4. The second-order valence-electron chi connectivity index (χ2n) is 4.17. The Balaban J connectivity index is 2.46. The van der Waals surface area contributed by atoms with E-state index in [2.05, 4.69) is 15.9 Å². The highest BCUT2D eigenvalue weighted by Gasteiger charge is 2.34. The molecule has 2 amide bonds. The number of benzene rings is 1. The van der Waals surface area contributed by atoms with Crippen LogP contribution in [-0.4, -0.2) is 22.9 Å². The number of anilines is 1. The SMILES string of the molecule is CC1=C(C)C(=O)N(c2ccc(C(=O)O)c(Br)c2)C1=O. The largest absolute Gasteiger partial charge is 0.478 e. The Hall–Kier alpha value is -1.95. The summed E-state index contributed by atoms with van der Waals surface area (Å²) < 4.78 is 0.320. The van der Waals surface area contributed by atoms with Gasteiger partial charge >= 0.3 is 5.97 Å². The Labute approximate surface area is 117 Å². The Kier molecular flexibility index (Phi) is 3.28. The molecule has 6 heteroatoms. The maximum atomic E-state index is 12.0. The van der Waals surface area contributed by atoms with Gasteiger partial charge in [0, 0.05) is 15.6 Å². The smallest absolute Gasteiger partial charge is 0.336 e. The lowest BCUT2D eigenvalue weighted by Gasteiger charge is -2.15. The van der Waals surface area contributed by atoms with E-state index in [4.69, 9.17) is 5.11 Å². The Bertz CT molecular complexity index is 624. The molecule has 5 nitrogen and oxygen atoms in total. The lowest BCUT2D eigenvalue weighted by atomic mass is 10.2. The van der Waals surface area contributed by atoms with E-state index in [-0.39, 0.29) is 17.4 Å². The van der Waals surface area contributed by atoms with Gasteiger partial charge in [-0.25, -0.2) is 9.69 Å². The van der Waals surface area contributed by atoms with E-state index in [0.29, 0.717) is 21.3 Å². The summed E-state index contributed by atoms with van der Waals surface area (Å²) in [7, 11) is 0. The summed E-state index contributed by atoms with van der Waals surface area (Å²) >= 11 is 3.12. The molecule has 1 heterocycles. The molecule has 0 aliphatic carbocycles. The van der Waals surface area contributed by atoms with Crippen LogP contribution in [0.25, 0.3) is 0 Å². The minimum Gasteiger partial charge on any atom is -0.478 e. The van der Waals surface area contributed by atoms with Gasteiger partial charge < -0.3 is 5.11 Å². The second kappa shape index (κ2) is 4.62. The van der Waals surface area contributed by atoms with Gasteiger partial charge in [-0.2, -0.15) is 0 Å². The number of carbonyl (C=O) groups excluding carboxylic acids is 2. The average molecular weight is 324 g/mol. The molecule has 0 saturated carbocycles. The van der Waals surface area contributed by atoms with Crippen LogP contribution in [-0.2, 0) is 9.59 Å². The molecule has 0 unspecified atom stereocenters. The van der Waals surface area contributed by atoms with Crippen LogP contribution in [0.5, 0.6) is 0 Å². The molecule has 0 bridgehead atoms. The van der Waals surface area contributed by atoms with Crippen molar-refractivity contribution < 1.29 is 19.5 Å². The number of carboxylic acid groups (broad SMARTS) is 1. The minimum absolute atomic E-state index is 0.0734. The zero-order valence-corrected chi connectivity index (χ0v) is 11.8. The third kappa shape index (κ3) is 2.08. The quantitative estimate of drug-likeness (QED) is 0.848. The lowest BCUT2D eigenvalue weighted by Crippen LogP contribution is -2.31. The zero-order valence-electron chi connectivity index (χ0n) is 10.2. The molecule has 0 radical (unpaired) electrons. The van der Waals surface area contributed by atoms with Crippen LogP contribution < -0.4 is 4.90 Å². The van der Waals surface area contributed by atoms with Gasteiger partial charge in [0.2, 0.25) is 0 Å². The third-order valence-electron chi connectivity index (χ3n) is 3.05. The van der Waals surface area contributed by atoms with Gasteiger partial charge in [0.25, 0.3) is 11.8 Å². The molecular weight excluding hydrogens is 314 g/mol. The maximum absolute atomic E-state index is 12.0. The number of amides is 2. The number of imide groups is 1. The van der Waals surface area contributed by atoms with E-state index in [0.717, 1.165) is 4.90 Å². The average Bonchev–Trinajstić information content (AvgIpc) is 2.53. The van der Waals surface area contributed by atoms with Gasteiger partial charge in [0.1, 0.15) is 0 Å². The van der Waals surface area contributed by atoms with E-state index < -0.39 is 5.97 Å². The topological polar surface area (TPSA) is 74.7 Å². The van der Waals surface area contributed by atoms with Crippen molar-refractivity contribution in [3.8, 4) is 0 Å². The summed E-state index contributed by atoms with van der Waals surface area (Å²) in [6.45, 7) is 3.19. The van der Waals surface area contributed by atoms with E-state index in [9.17, 15) is 14.4 Å². The molecule has 1 N–H and O–H groups in total. The van der Waals surface area contributed by atoms with E-state index >= 15 is 0 Å². The maximum Gasteiger partial charge on any atom is 0.336 e. The number of rotatable bonds is 2. The van der Waals surface area contributed by atoms with E-state index in [1.807, 2.05) is 0 Å². The highest BCUT2D eigenvalue weighted by molar-refractivity contribution is 9.10. The summed E-state index contributed by atoms with van der Waals surface area (Å²) in [6, 6.07) is 4.24. The van der Waals surface area contributed by atoms with Gasteiger partial charge in [-0.1, -0.05) is 0 Å². The fourth-order valence-electron chi connectivity index (χ4n) is 1.80. The first-order valence-corrected chi connectivity index (χ1v) is 6.23. The number of hydrogen-bond donors (Lipinski definition) is 1. The highest BCUT2D eigenvalue weighted by atomic mass is 79.9. The van der Waals surface area contributed by atoms with Crippen molar-refractivity contribution in [3.63, 3.8) is 0 Å². The molecule has 1 aliphatic rings. The number of halogens is 1. The van der Waals surface area contributed by atoms with Crippen LogP contribution in [0.4, 0.5) is 5.69 Å². The fraction of sp³-hybridized carbons (Fsp3) is 0.154. The van der Waals surface area contributed by atoms with Gasteiger partial charge in [-0.15, -0.1) is 0 Å². The Morgan fingerprint density at radius 1 is 1.16 bits per heavy atom. The van der Waals surface area contributed by atoms with Crippen molar-refractivity contribution in [2.45, 2.75) is 13.8 Å². The highest BCUT2D eigenvalue weighted by Crippen LogP contribution is 2.30. The normalized spacial score (nSPS) is 15.4. The zero-order chi connectivity index (χ0) is 14.3. The molecule has 0 atom stereocenters. The first kappa shape index (κ1) is 13.5. The number of carbonyl (C=O) groups is 3. The first-order chi connectivity index (χ1) is 8.84. The minimum atomic E-state index is -1.08. The van der Waals surface area contributed by atoms with Gasteiger partial charge in [-0.3, -0.25) is 9.59 Å². The number of aromatic carboxylic acids is 1. The van der Waals surface area contributed by atoms with Crippen molar-refractivity contribution in [1.82, 2.24) is 0 Å². The van der Waals surface area contributed by atoms with Crippen molar-refractivity contribution >= 4 is 39.4 Å². The van der Waals surface area contributed by atoms with E-state index in [1.165, 1.54) is 18.2 Å². The Morgan fingerprint density at radius 2 is 1.68 bits per heavy atom. The molecule has 0 fully saturated rings. The molecule has 1 aromatic carbocycles. The predicted octanol–water partition coefficient (Wildman–Crippen LogP) is 2.36. The van der Waals surface area contributed by atoms with Crippen LogP contribution in [0, 0.1) is 0 Å². The molecule has 1 aliphatic heterocycles. The fourth-order valence-corrected chi connectivity index (χ4v) is 2.34. The summed E-state index contributed by atoms with van der Waals surface area (Å²) in [5, 5.41) is 8.92.